The predicted molar refractivity (Wildman–Crippen MR) is 123 cm³/mol. The number of carbonyl (C=O) groups is 1. The molecule has 0 saturated carbocycles. The van der Waals surface area contributed by atoms with Crippen LogP contribution in [0.15, 0.2) is 54.6 Å². The molecule has 32 heavy (non-hydrogen) atoms. The molecule has 3 aromatic rings. The van der Waals surface area contributed by atoms with Gasteiger partial charge < -0.3 is 14.4 Å². The highest BCUT2D eigenvalue weighted by atomic mass is 19.1. The maximum Gasteiger partial charge on any atom is 0.246 e. The van der Waals surface area contributed by atoms with Gasteiger partial charge in [-0.3, -0.25) is 9.89 Å². The molecular weight excluding hydrogens is 409 g/mol. The number of aromatic nitrogens is 2. The first-order valence-electron chi connectivity index (χ1n) is 10.5. The number of benzene rings is 2. The molecule has 0 spiro atoms. The molecule has 168 valence electrons. The van der Waals surface area contributed by atoms with E-state index in [0.717, 1.165) is 35.4 Å². The lowest BCUT2D eigenvalue weighted by molar-refractivity contribution is -0.124. The van der Waals surface area contributed by atoms with E-state index in [-0.39, 0.29) is 11.7 Å². The van der Waals surface area contributed by atoms with Crippen LogP contribution in [0.4, 0.5) is 4.39 Å². The Morgan fingerprint density at radius 1 is 1.16 bits per heavy atom. The van der Waals surface area contributed by atoms with Crippen molar-refractivity contribution in [2.75, 3.05) is 27.3 Å². The van der Waals surface area contributed by atoms with E-state index in [1.165, 1.54) is 12.1 Å². The molecule has 1 heterocycles. The SMILES string of the molecule is CCOc1cc(C=CC(=O)N(C)CCCc2cc(-c3ccc(F)cc3)n[nH]2)ccc1OC. The molecule has 0 aliphatic heterocycles. The lowest BCUT2D eigenvalue weighted by Crippen LogP contribution is -2.26. The smallest absolute Gasteiger partial charge is 0.246 e. The van der Waals surface area contributed by atoms with Crippen molar-refractivity contribution in [2.45, 2.75) is 19.8 Å². The van der Waals surface area contributed by atoms with Gasteiger partial charge in [0.1, 0.15) is 5.82 Å². The number of carbonyl (C=O) groups excluding carboxylic acids is 1. The van der Waals surface area contributed by atoms with Gasteiger partial charge in [-0.2, -0.15) is 5.10 Å². The molecule has 6 nitrogen and oxygen atoms in total. The van der Waals surface area contributed by atoms with E-state index in [2.05, 4.69) is 10.2 Å². The molecule has 3 rings (SSSR count). The Labute approximate surface area is 187 Å². The van der Waals surface area contributed by atoms with Gasteiger partial charge in [0.15, 0.2) is 11.5 Å². The lowest BCUT2D eigenvalue weighted by Gasteiger charge is -2.14. The number of nitrogens with zero attached hydrogens (tertiary/aromatic N) is 2. The van der Waals surface area contributed by atoms with E-state index in [1.54, 1.807) is 43.3 Å². The normalized spacial score (nSPS) is 11.0. The van der Waals surface area contributed by atoms with Crippen LogP contribution in [0.25, 0.3) is 17.3 Å². The number of aromatic amines is 1. The zero-order chi connectivity index (χ0) is 22.9. The Bertz CT molecular complexity index is 1060. The zero-order valence-electron chi connectivity index (χ0n) is 18.6. The molecule has 0 aliphatic carbocycles. The summed E-state index contributed by atoms with van der Waals surface area (Å²) in [5, 5.41) is 7.30. The first kappa shape index (κ1) is 23.1. The summed E-state index contributed by atoms with van der Waals surface area (Å²) in [4.78, 5) is 14.1. The van der Waals surface area contributed by atoms with Gasteiger partial charge >= 0.3 is 0 Å². The van der Waals surface area contributed by atoms with Crippen molar-refractivity contribution in [1.82, 2.24) is 15.1 Å². The van der Waals surface area contributed by atoms with Crippen LogP contribution in [-0.4, -0.2) is 48.3 Å². The van der Waals surface area contributed by atoms with E-state index in [0.29, 0.717) is 24.7 Å². The number of aryl methyl sites for hydroxylation is 1. The number of amides is 1. The van der Waals surface area contributed by atoms with Gasteiger partial charge in [0.2, 0.25) is 5.91 Å². The van der Waals surface area contributed by atoms with Crippen LogP contribution >= 0.6 is 0 Å². The van der Waals surface area contributed by atoms with Crippen molar-refractivity contribution in [1.29, 1.82) is 0 Å². The Hall–Kier alpha value is -3.61. The average molecular weight is 438 g/mol. The molecular formula is C25H28FN3O3. The van der Waals surface area contributed by atoms with E-state index >= 15 is 0 Å². The summed E-state index contributed by atoms with van der Waals surface area (Å²) in [7, 11) is 3.38. The van der Waals surface area contributed by atoms with Crippen LogP contribution < -0.4 is 9.47 Å². The van der Waals surface area contributed by atoms with Crippen LogP contribution in [0.1, 0.15) is 24.6 Å². The van der Waals surface area contributed by atoms with E-state index in [9.17, 15) is 9.18 Å². The Balaban J connectivity index is 1.50. The largest absolute Gasteiger partial charge is 0.493 e. The number of ether oxygens (including phenoxy) is 2. The predicted octanol–water partition coefficient (Wildman–Crippen LogP) is 4.73. The van der Waals surface area contributed by atoms with Crippen LogP contribution in [0.3, 0.4) is 0 Å². The molecule has 0 atom stereocenters. The summed E-state index contributed by atoms with van der Waals surface area (Å²) >= 11 is 0. The van der Waals surface area contributed by atoms with Crippen molar-refractivity contribution < 1.29 is 18.7 Å². The molecule has 0 saturated heterocycles. The fourth-order valence-electron chi connectivity index (χ4n) is 3.24. The third-order valence-corrected chi connectivity index (χ3v) is 4.99. The highest BCUT2D eigenvalue weighted by Crippen LogP contribution is 2.28. The zero-order valence-corrected chi connectivity index (χ0v) is 18.6. The Morgan fingerprint density at radius 3 is 2.66 bits per heavy atom. The summed E-state index contributed by atoms with van der Waals surface area (Å²) in [5.41, 5.74) is 3.47. The summed E-state index contributed by atoms with van der Waals surface area (Å²) in [5.74, 6) is 0.967. The minimum absolute atomic E-state index is 0.0737. The summed E-state index contributed by atoms with van der Waals surface area (Å²) in [6, 6.07) is 13.7. The van der Waals surface area contributed by atoms with Crippen LogP contribution in [0.5, 0.6) is 11.5 Å². The number of nitrogens with one attached hydrogen (secondary N) is 1. The minimum Gasteiger partial charge on any atom is -0.493 e. The monoisotopic (exact) mass is 437 g/mol. The van der Waals surface area contributed by atoms with Crippen molar-refractivity contribution in [3.05, 3.63) is 71.7 Å². The lowest BCUT2D eigenvalue weighted by atomic mass is 10.1. The second kappa shape index (κ2) is 11.1. The standard InChI is InChI=1S/C25H28FN3O3/c1-4-32-24-16-18(7-13-23(24)31-3)8-14-25(30)29(2)15-5-6-21-17-22(28-27-21)19-9-11-20(26)12-10-19/h7-14,16-17H,4-6,15H2,1-3H3,(H,27,28). The second-order valence-corrected chi connectivity index (χ2v) is 7.33. The van der Waals surface area contributed by atoms with Gasteiger partial charge in [0.25, 0.3) is 0 Å². The minimum atomic E-state index is -0.270. The van der Waals surface area contributed by atoms with Crippen molar-refractivity contribution >= 4 is 12.0 Å². The van der Waals surface area contributed by atoms with Gasteiger partial charge in [-0.15, -0.1) is 0 Å². The van der Waals surface area contributed by atoms with Crippen LogP contribution in [0.2, 0.25) is 0 Å². The van der Waals surface area contributed by atoms with E-state index < -0.39 is 0 Å². The van der Waals surface area contributed by atoms with Gasteiger partial charge in [0, 0.05) is 30.9 Å². The number of likely N-dealkylation sites (N-methyl/N-ethyl adjacent to an activating group) is 1. The number of hydrogen-bond acceptors (Lipinski definition) is 4. The van der Waals surface area contributed by atoms with Gasteiger partial charge in [-0.1, -0.05) is 6.07 Å². The number of methoxy groups -OCH3 is 1. The number of halogens is 1. The number of hydrogen-bond donors (Lipinski definition) is 1. The van der Waals surface area contributed by atoms with Crippen LogP contribution in [-0.2, 0) is 11.2 Å². The molecule has 1 amide bonds. The highest BCUT2D eigenvalue weighted by Gasteiger charge is 2.08. The molecule has 0 aliphatic rings. The molecule has 0 fully saturated rings. The van der Waals surface area contributed by atoms with Gasteiger partial charge in [-0.05, 0) is 73.9 Å². The number of H-pyrrole nitrogens is 1. The molecule has 0 bridgehead atoms. The molecule has 7 heteroatoms. The first-order chi connectivity index (χ1) is 15.5. The molecule has 1 aromatic heterocycles. The fourth-order valence-corrected chi connectivity index (χ4v) is 3.24. The molecule has 0 radical (unpaired) electrons. The number of rotatable bonds is 10. The van der Waals surface area contributed by atoms with Crippen molar-refractivity contribution in [3.8, 4) is 22.8 Å². The molecule has 2 aromatic carbocycles. The third-order valence-electron chi connectivity index (χ3n) is 4.99. The second-order valence-electron chi connectivity index (χ2n) is 7.33. The highest BCUT2D eigenvalue weighted by molar-refractivity contribution is 5.91. The van der Waals surface area contributed by atoms with Crippen molar-refractivity contribution in [2.24, 2.45) is 0 Å². The third kappa shape index (κ3) is 6.20. The Kier molecular flexibility index (Phi) is 8.02. The summed E-state index contributed by atoms with van der Waals surface area (Å²) in [6.07, 6.45) is 4.87. The van der Waals surface area contributed by atoms with Crippen LogP contribution in [0, 0.1) is 5.82 Å². The Morgan fingerprint density at radius 2 is 1.94 bits per heavy atom. The van der Waals surface area contributed by atoms with E-state index in [1.807, 2.05) is 31.2 Å². The maximum atomic E-state index is 13.1. The topological polar surface area (TPSA) is 67.5 Å². The van der Waals surface area contributed by atoms with Gasteiger partial charge in [-0.25, -0.2) is 4.39 Å². The quantitative estimate of drug-likeness (QED) is 0.466. The van der Waals surface area contributed by atoms with Crippen molar-refractivity contribution in [3.63, 3.8) is 0 Å². The van der Waals surface area contributed by atoms with E-state index in [4.69, 9.17) is 9.47 Å². The summed E-state index contributed by atoms with van der Waals surface area (Å²) in [6.45, 7) is 3.06. The maximum absolute atomic E-state index is 13.1. The average Bonchev–Trinajstić information content (AvgIpc) is 3.27. The summed E-state index contributed by atoms with van der Waals surface area (Å²) < 4.78 is 23.9. The molecule has 1 N–H and O–H groups in total. The van der Waals surface area contributed by atoms with Gasteiger partial charge in [0.05, 0.1) is 19.4 Å². The fraction of sp³-hybridized carbons (Fsp3) is 0.280. The first-order valence-corrected chi connectivity index (χ1v) is 10.5. The molecule has 0 unspecified atom stereocenters.